The molecule has 2 atom stereocenters. The predicted octanol–water partition coefficient (Wildman–Crippen LogP) is 1.98. The molecule has 0 radical (unpaired) electrons. The van der Waals surface area contributed by atoms with Crippen LogP contribution in [0.3, 0.4) is 0 Å². The summed E-state index contributed by atoms with van der Waals surface area (Å²) < 4.78 is 10.3. The fraction of sp³-hybridized carbons (Fsp3) is 0.727. The summed E-state index contributed by atoms with van der Waals surface area (Å²) in [5.74, 6) is 0.461. The van der Waals surface area contributed by atoms with Crippen molar-refractivity contribution in [2.45, 2.75) is 57.4 Å². The molecule has 1 heterocycles. The van der Waals surface area contributed by atoms with Crippen LogP contribution in [0.1, 0.15) is 51.9 Å². The van der Waals surface area contributed by atoms with E-state index in [1.807, 2.05) is 0 Å². The second kappa shape index (κ2) is 8.48. The Morgan fingerprint density at radius 2 is 1.94 bits per heavy atom. The minimum atomic E-state index is -0.498. The molecule has 4 aliphatic carbocycles. The van der Waals surface area contributed by atoms with Crippen LogP contribution in [0.15, 0.2) is 11.1 Å². The molecule has 1 aliphatic heterocycles. The van der Waals surface area contributed by atoms with Gasteiger partial charge in [0.15, 0.2) is 0 Å². The third-order valence-electron chi connectivity index (χ3n) is 7.05. The Labute approximate surface area is 186 Å². The smallest absolute Gasteiger partial charge is 0.333 e. The Bertz CT molecular complexity index is 811. The van der Waals surface area contributed by atoms with Crippen molar-refractivity contribution in [2.24, 2.45) is 17.3 Å². The van der Waals surface area contributed by atoms with Gasteiger partial charge in [0.25, 0.3) is 0 Å². The summed E-state index contributed by atoms with van der Waals surface area (Å²) in [6.45, 7) is 2.16. The molecule has 2 amide bonds. The van der Waals surface area contributed by atoms with Gasteiger partial charge in [-0.05, 0) is 56.8 Å². The van der Waals surface area contributed by atoms with Gasteiger partial charge in [-0.15, -0.1) is 0 Å². The molecule has 31 heavy (non-hydrogen) atoms. The first-order valence-corrected chi connectivity index (χ1v) is 11.9. The number of nitrogens with one attached hydrogen (secondary N) is 1. The van der Waals surface area contributed by atoms with Crippen LogP contribution in [-0.2, 0) is 28.7 Å². The van der Waals surface area contributed by atoms with E-state index in [4.69, 9.17) is 4.74 Å². The fourth-order valence-electron chi connectivity index (χ4n) is 6.49. The molecule has 4 saturated carbocycles. The van der Waals surface area contributed by atoms with Crippen LogP contribution < -0.4 is 5.32 Å². The molecule has 0 aromatic carbocycles. The average molecular weight is 451 g/mol. The number of nitrogens with zero attached hydrogens (tertiary/aromatic N) is 1. The largest absolute Gasteiger partial charge is 0.466 e. The highest BCUT2D eigenvalue weighted by Crippen LogP contribution is 2.62. The van der Waals surface area contributed by atoms with Crippen LogP contribution in [0.2, 0.25) is 0 Å². The molecule has 5 aliphatic rings. The summed E-state index contributed by atoms with van der Waals surface area (Å²) in [7, 11) is 1.30. The van der Waals surface area contributed by atoms with Gasteiger partial charge < -0.3 is 19.7 Å². The Morgan fingerprint density at radius 1 is 1.23 bits per heavy atom. The van der Waals surface area contributed by atoms with Crippen LogP contribution in [0, 0.1) is 17.3 Å². The number of rotatable bonds is 7. The van der Waals surface area contributed by atoms with Crippen LogP contribution >= 0.6 is 11.8 Å². The Hall–Kier alpha value is -2.03. The van der Waals surface area contributed by atoms with Gasteiger partial charge in [-0.1, -0.05) is 11.8 Å². The number of esters is 2. The number of ether oxygens (including phenoxy) is 2. The summed E-state index contributed by atoms with van der Waals surface area (Å²) in [6.07, 6.45) is 7.23. The molecule has 4 bridgehead atoms. The number of hydrogen-bond donors (Lipinski definition) is 1. The number of methoxy groups -OCH3 is 1. The van der Waals surface area contributed by atoms with E-state index >= 15 is 0 Å². The number of thioether (sulfide) groups is 1. The third-order valence-corrected chi connectivity index (χ3v) is 8.07. The van der Waals surface area contributed by atoms with E-state index in [1.165, 1.54) is 24.9 Å². The van der Waals surface area contributed by atoms with E-state index < -0.39 is 11.4 Å². The van der Waals surface area contributed by atoms with Gasteiger partial charge in [0.1, 0.15) is 0 Å². The van der Waals surface area contributed by atoms with E-state index in [2.05, 4.69) is 10.1 Å². The number of carbonyl (C=O) groups excluding carboxylic acids is 4. The van der Waals surface area contributed by atoms with E-state index in [-0.39, 0.29) is 29.9 Å². The van der Waals surface area contributed by atoms with Crippen molar-refractivity contribution in [1.29, 1.82) is 0 Å². The third kappa shape index (κ3) is 4.47. The summed E-state index contributed by atoms with van der Waals surface area (Å²) in [6, 6.07) is 0. The van der Waals surface area contributed by atoms with Gasteiger partial charge in [-0.25, -0.2) is 4.79 Å². The molecule has 0 aromatic rings. The molecular weight excluding hydrogens is 420 g/mol. The van der Waals surface area contributed by atoms with Crippen molar-refractivity contribution < 1.29 is 28.7 Å². The highest BCUT2D eigenvalue weighted by atomic mass is 32.2. The molecule has 2 unspecified atom stereocenters. The molecule has 9 heteroatoms. The van der Waals surface area contributed by atoms with Gasteiger partial charge in [0, 0.05) is 19.0 Å². The topological polar surface area (TPSA) is 102 Å². The molecular formula is C22H30N2O6S. The second-order valence-electron chi connectivity index (χ2n) is 9.53. The lowest BCUT2D eigenvalue weighted by Crippen LogP contribution is -2.64. The zero-order chi connectivity index (χ0) is 22.2. The van der Waals surface area contributed by atoms with Crippen molar-refractivity contribution in [1.82, 2.24) is 10.2 Å². The predicted molar refractivity (Wildman–Crippen MR) is 114 cm³/mol. The summed E-state index contributed by atoms with van der Waals surface area (Å²) in [5.41, 5.74) is -0.760. The van der Waals surface area contributed by atoms with Crippen LogP contribution in [0.4, 0.5) is 0 Å². The van der Waals surface area contributed by atoms with Crippen molar-refractivity contribution in [3.8, 4) is 0 Å². The molecule has 5 rings (SSSR count). The van der Waals surface area contributed by atoms with Crippen LogP contribution in [0.25, 0.3) is 0 Å². The van der Waals surface area contributed by atoms with Crippen molar-refractivity contribution in [3.05, 3.63) is 11.1 Å². The Balaban J connectivity index is 1.33. The lowest BCUT2D eigenvalue weighted by atomic mass is 9.47. The zero-order valence-corrected chi connectivity index (χ0v) is 18.9. The molecule has 1 saturated heterocycles. The van der Waals surface area contributed by atoms with Crippen LogP contribution in [-0.4, -0.2) is 60.2 Å². The minimum Gasteiger partial charge on any atom is -0.466 e. The summed E-state index contributed by atoms with van der Waals surface area (Å²) in [5, 5.41) is 3.74. The van der Waals surface area contributed by atoms with E-state index in [1.54, 1.807) is 11.8 Å². The summed E-state index contributed by atoms with van der Waals surface area (Å²) in [4.78, 5) is 50.1. The quantitative estimate of drug-likeness (QED) is 0.359. The molecule has 0 aromatic heterocycles. The number of hydrogen-bond acceptors (Lipinski definition) is 7. The number of amides is 2. The van der Waals surface area contributed by atoms with Crippen molar-refractivity contribution >= 4 is 35.5 Å². The van der Waals surface area contributed by atoms with Crippen molar-refractivity contribution in [3.63, 3.8) is 0 Å². The van der Waals surface area contributed by atoms with E-state index in [9.17, 15) is 19.2 Å². The highest BCUT2D eigenvalue weighted by Gasteiger charge is 2.61. The molecule has 1 N–H and O–H groups in total. The second-order valence-corrected chi connectivity index (χ2v) is 10.5. The lowest BCUT2D eigenvalue weighted by Gasteiger charge is -2.60. The van der Waals surface area contributed by atoms with E-state index in [0.717, 1.165) is 32.1 Å². The Kier molecular flexibility index (Phi) is 6.07. The lowest BCUT2D eigenvalue weighted by molar-refractivity contribution is -0.176. The number of carbonyl (C=O) groups is 4. The zero-order valence-electron chi connectivity index (χ0n) is 18.1. The molecule has 8 nitrogen and oxygen atoms in total. The average Bonchev–Trinajstić information content (AvgIpc) is 3.02. The minimum absolute atomic E-state index is 0.0329. The first-order valence-electron chi connectivity index (χ1n) is 10.9. The van der Waals surface area contributed by atoms with E-state index in [0.29, 0.717) is 42.0 Å². The molecule has 170 valence electrons. The van der Waals surface area contributed by atoms with Crippen LogP contribution in [0.5, 0.6) is 0 Å². The van der Waals surface area contributed by atoms with Gasteiger partial charge in [0.05, 0.1) is 36.0 Å². The summed E-state index contributed by atoms with van der Waals surface area (Å²) >= 11 is 1.30. The maximum absolute atomic E-state index is 13.1. The van der Waals surface area contributed by atoms with Gasteiger partial charge >= 0.3 is 11.9 Å². The normalized spacial score (nSPS) is 34.8. The van der Waals surface area contributed by atoms with Gasteiger partial charge in [0.2, 0.25) is 11.8 Å². The van der Waals surface area contributed by atoms with Gasteiger partial charge in [-0.2, -0.15) is 0 Å². The fourth-order valence-corrected chi connectivity index (χ4v) is 7.45. The van der Waals surface area contributed by atoms with Crippen molar-refractivity contribution in [2.75, 3.05) is 26.0 Å². The first kappa shape index (κ1) is 22.2. The monoisotopic (exact) mass is 450 g/mol. The standard InChI is InChI=1S/C22H30N2O6S/c1-14(25)23-22-10-15-6-16(11-22)9-21(8-15,13-22)20(28)30-5-3-4-24-17(26)12-31-18(24)7-19(27)29-2/h7,15-16H,3-6,8-13H2,1-2H3,(H,23,25)/b18-7+. The Morgan fingerprint density at radius 3 is 2.58 bits per heavy atom. The first-order chi connectivity index (χ1) is 14.7. The highest BCUT2D eigenvalue weighted by molar-refractivity contribution is 8.04. The maximum atomic E-state index is 13.1. The molecule has 5 fully saturated rings. The maximum Gasteiger partial charge on any atom is 0.333 e. The SMILES string of the molecule is COC(=O)/C=C1/SCC(=O)N1CCCOC(=O)C12CC3CC(CC(NC(C)=O)(C3)C1)C2. The molecule has 0 spiro atoms. The van der Waals surface area contributed by atoms with Gasteiger partial charge in [-0.3, -0.25) is 14.4 Å².